The molecule has 0 spiro atoms. The Morgan fingerprint density at radius 2 is 1.87 bits per heavy atom. The Morgan fingerprint density at radius 3 is 2.65 bits per heavy atom. The van der Waals surface area contributed by atoms with Crippen LogP contribution in [-0.2, 0) is 4.74 Å². The summed E-state index contributed by atoms with van der Waals surface area (Å²) >= 11 is 0. The second-order valence-corrected chi connectivity index (χ2v) is 6.17. The number of hydrogen-bond acceptors (Lipinski definition) is 3. The van der Waals surface area contributed by atoms with Gasteiger partial charge in [0.25, 0.3) is 5.91 Å². The molecule has 2 aromatic rings. The third-order valence-corrected chi connectivity index (χ3v) is 4.62. The van der Waals surface area contributed by atoms with Crippen molar-refractivity contribution in [3.63, 3.8) is 0 Å². The van der Waals surface area contributed by atoms with Gasteiger partial charge in [-0.25, -0.2) is 0 Å². The number of rotatable bonds is 6. The second kappa shape index (κ2) is 7.11. The van der Waals surface area contributed by atoms with Crippen LogP contribution in [0, 0.1) is 0 Å². The Morgan fingerprint density at radius 1 is 1.13 bits per heavy atom. The minimum Gasteiger partial charge on any atom is -0.394 e. The summed E-state index contributed by atoms with van der Waals surface area (Å²) < 4.78 is 5.85. The lowest BCUT2D eigenvalue weighted by molar-refractivity contribution is -0.0511. The van der Waals surface area contributed by atoms with E-state index in [-0.39, 0.29) is 18.1 Å². The van der Waals surface area contributed by atoms with Gasteiger partial charge in [0.15, 0.2) is 0 Å². The highest BCUT2D eigenvalue weighted by molar-refractivity contribution is 6.07. The van der Waals surface area contributed by atoms with E-state index in [2.05, 4.69) is 5.32 Å². The van der Waals surface area contributed by atoms with Gasteiger partial charge in [-0.1, -0.05) is 49.2 Å². The van der Waals surface area contributed by atoms with E-state index in [1.54, 1.807) is 0 Å². The molecule has 0 bridgehead atoms. The Bertz CT molecular complexity index is 672. The van der Waals surface area contributed by atoms with Crippen molar-refractivity contribution >= 4 is 16.7 Å². The molecule has 0 saturated heterocycles. The standard InChI is InChI=1S/C19H23NO3/c21-12-13-23-19(10-3-4-11-19)14-20-18(22)17-9-5-7-15-6-1-2-8-16(15)17/h1-2,5-9,21H,3-4,10-14H2,(H,20,22). The summed E-state index contributed by atoms with van der Waals surface area (Å²) in [5.74, 6) is -0.0688. The summed E-state index contributed by atoms with van der Waals surface area (Å²) in [6.45, 7) is 0.832. The van der Waals surface area contributed by atoms with E-state index in [1.807, 2.05) is 42.5 Å². The zero-order chi connectivity index (χ0) is 16.1. The third-order valence-electron chi connectivity index (χ3n) is 4.62. The van der Waals surface area contributed by atoms with Gasteiger partial charge in [-0.15, -0.1) is 0 Å². The molecule has 3 rings (SSSR count). The molecule has 0 radical (unpaired) electrons. The molecule has 1 aliphatic carbocycles. The first-order chi connectivity index (χ1) is 11.2. The first-order valence-electron chi connectivity index (χ1n) is 8.25. The fourth-order valence-corrected chi connectivity index (χ4v) is 3.41. The van der Waals surface area contributed by atoms with Gasteiger partial charge < -0.3 is 15.2 Å². The number of benzene rings is 2. The molecule has 1 saturated carbocycles. The number of fused-ring (bicyclic) bond motifs is 1. The van der Waals surface area contributed by atoms with Crippen LogP contribution < -0.4 is 5.32 Å². The summed E-state index contributed by atoms with van der Waals surface area (Å²) in [5.41, 5.74) is 0.376. The molecule has 1 aliphatic rings. The Labute approximate surface area is 136 Å². The molecule has 0 unspecified atom stereocenters. The number of hydrogen-bond donors (Lipinski definition) is 2. The number of ether oxygens (including phenoxy) is 1. The van der Waals surface area contributed by atoms with Crippen molar-refractivity contribution in [3.05, 3.63) is 48.0 Å². The average Bonchev–Trinajstić information content (AvgIpc) is 3.07. The number of carbonyl (C=O) groups excluding carboxylic acids is 1. The molecule has 122 valence electrons. The average molecular weight is 313 g/mol. The first-order valence-corrected chi connectivity index (χ1v) is 8.25. The maximum atomic E-state index is 12.6. The third kappa shape index (κ3) is 3.54. The normalized spacial score (nSPS) is 16.6. The van der Waals surface area contributed by atoms with E-state index in [1.165, 1.54) is 0 Å². The van der Waals surface area contributed by atoms with Crippen molar-refractivity contribution < 1.29 is 14.6 Å². The maximum absolute atomic E-state index is 12.6. The lowest BCUT2D eigenvalue weighted by Gasteiger charge is -2.29. The van der Waals surface area contributed by atoms with Crippen molar-refractivity contribution in [2.45, 2.75) is 31.3 Å². The number of amides is 1. The van der Waals surface area contributed by atoms with Crippen LogP contribution in [0.3, 0.4) is 0 Å². The predicted molar refractivity (Wildman–Crippen MR) is 90.5 cm³/mol. The molecule has 4 heteroatoms. The molecular formula is C19H23NO3. The SMILES string of the molecule is O=C(NCC1(OCCO)CCCC1)c1cccc2ccccc12. The molecule has 2 N–H and O–H groups in total. The van der Waals surface area contributed by atoms with Crippen LogP contribution in [0.4, 0.5) is 0 Å². The van der Waals surface area contributed by atoms with Gasteiger partial charge in [0.05, 0.1) is 18.8 Å². The summed E-state index contributed by atoms with van der Waals surface area (Å²) in [7, 11) is 0. The van der Waals surface area contributed by atoms with Gasteiger partial charge in [-0.3, -0.25) is 4.79 Å². The fourth-order valence-electron chi connectivity index (χ4n) is 3.41. The van der Waals surface area contributed by atoms with Crippen LogP contribution in [0.25, 0.3) is 10.8 Å². The zero-order valence-corrected chi connectivity index (χ0v) is 13.3. The van der Waals surface area contributed by atoms with Gasteiger partial charge >= 0.3 is 0 Å². The fraction of sp³-hybridized carbons (Fsp3) is 0.421. The lowest BCUT2D eigenvalue weighted by atomic mass is 10.0. The number of aliphatic hydroxyl groups is 1. The molecule has 0 atom stereocenters. The second-order valence-electron chi connectivity index (χ2n) is 6.17. The van der Waals surface area contributed by atoms with E-state index in [0.717, 1.165) is 36.5 Å². The number of aliphatic hydroxyl groups excluding tert-OH is 1. The monoisotopic (exact) mass is 313 g/mol. The Hall–Kier alpha value is -1.91. The van der Waals surface area contributed by atoms with Gasteiger partial charge in [0.1, 0.15) is 0 Å². The quantitative estimate of drug-likeness (QED) is 0.862. The van der Waals surface area contributed by atoms with Gasteiger partial charge in [-0.05, 0) is 29.7 Å². The highest BCUT2D eigenvalue weighted by atomic mass is 16.5. The maximum Gasteiger partial charge on any atom is 0.252 e. The van der Waals surface area contributed by atoms with Crippen LogP contribution in [0.5, 0.6) is 0 Å². The highest BCUT2D eigenvalue weighted by Gasteiger charge is 2.35. The molecule has 0 aromatic heterocycles. The number of carbonyl (C=O) groups is 1. The van der Waals surface area contributed by atoms with Gasteiger partial charge in [0.2, 0.25) is 0 Å². The largest absolute Gasteiger partial charge is 0.394 e. The Kier molecular flexibility index (Phi) is 4.94. The molecule has 4 nitrogen and oxygen atoms in total. The van der Waals surface area contributed by atoms with Crippen LogP contribution >= 0.6 is 0 Å². The molecule has 0 aliphatic heterocycles. The topological polar surface area (TPSA) is 58.6 Å². The van der Waals surface area contributed by atoms with E-state index in [9.17, 15) is 4.79 Å². The van der Waals surface area contributed by atoms with E-state index in [0.29, 0.717) is 18.7 Å². The van der Waals surface area contributed by atoms with E-state index >= 15 is 0 Å². The van der Waals surface area contributed by atoms with E-state index < -0.39 is 0 Å². The molecular weight excluding hydrogens is 290 g/mol. The predicted octanol–water partition coefficient (Wildman–Crippen LogP) is 2.89. The first kappa shape index (κ1) is 16.0. The molecule has 1 fully saturated rings. The van der Waals surface area contributed by atoms with Crippen molar-refractivity contribution in [1.29, 1.82) is 0 Å². The number of nitrogens with one attached hydrogen (secondary N) is 1. The minimum atomic E-state index is -0.316. The van der Waals surface area contributed by atoms with Crippen LogP contribution in [0.1, 0.15) is 36.0 Å². The molecule has 2 aromatic carbocycles. The van der Waals surface area contributed by atoms with Crippen molar-refractivity contribution in [2.24, 2.45) is 0 Å². The smallest absolute Gasteiger partial charge is 0.252 e. The summed E-state index contributed by atoms with van der Waals surface area (Å²) in [4.78, 5) is 12.6. The van der Waals surface area contributed by atoms with Crippen LogP contribution in [0.15, 0.2) is 42.5 Å². The Balaban J connectivity index is 1.73. The molecule has 23 heavy (non-hydrogen) atoms. The summed E-state index contributed by atoms with van der Waals surface area (Å²) in [5, 5.41) is 14.1. The van der Waals surface area contributed by atoms with Crippen molar-refractivity contribution in [1.82, 2.24) is 5.32 Å². The van der Waals surface area contributed by atoms with Crippen LogP contribution in [-0.4, -0.2) is 36.4 Å². The molecule has 0 heterocycles. The summed E-state index contributed by atoms with van der Waals surface area (Å²) in [6, 6.07) is 13.7. The van der Waals surface area contributed by atoms with E-state index in [4.69, 9.17) is 9.84 Å². The lowest BCUT2D eigenvalue weighted by Crippen LogP contribution is -2.43. The minimum absolute atomic E-state index is 0.0129. The summed E-state index contributed by atoms with van der Waals surface area (Å²) in [6.07, 6.45) is 4.08. The van der Waals surface area contributed by atoms with Gasteiger partial charge in [-0.2, -0.15) is 0 Å². The van der Waals surface area contributed by atoms with Gasteiger partial charge in [0, 0.05) is 12.1 Å². The zero-order valence-electron chi connectivity index (χ0n) is 13.3. The van der Waals surface area contributed by atoms with Crippen LogP contribution in [0.2, 0.25) is 0 Å². The van der Waals surface area contributed by atoms with Crippen molar-refractivity contribution in [2.75, 3.05) is 19.8 Å². The molecule has 1 amide bonds. The van der Waals surface area contributed by atoms with Crippen molar-refractivity contribution in [3.8, 4) is 0 Å². The highest BCUT2D eigenvalue weighted by Crippen LogP contribution is 2.32.